The highest BCUT2D eigenvalue weighted by Crippen LogP contribution is 2.25. The summed E-state index contributed by atoms with van der Waals surface area (Å²) in [5.74, 6) is -1.26. The zero-order valence-corrected chi connectivity index (χ0v) is 18.4. The molecule has 12 heteroatoms. The van der Waals surface area contributed by atoms with Crippen molar-refractivity contribution in [2.45, 2.75) is 30.3 Å². The molecule has 2 saturated heterocycles. The molecule has 2 fully saturated rings. The number of hydrogen-bond donors (Lipinski definition) is 0. The third kappa shape index (κ3) is 6.40. The van der Waals surface area contributed by atoms with Crippen LogP contribution < -0.4 is 0 Å². The Hall–Kier alpha value is -1.76. The fourth-order valence-electron chi connectivity index (χ4n) is 3.84. The molecule has 0 N–H and O–H groups in total. The van der Waals surface area contributed by atoms with E-state index in [1.807, 2.05) is 4.90 Å². The number of piperazine rings is 1. The van der Waals surface area contributed by atoms with Crippen molar-refractivity contribution in [3.05, 3.63) is 29.6 Å². The van der Waals surface area contributed by atoms with E-state index in [2.05, 4.69) is 4.74 Å². The molecule has 1 amide bonds. The molecule has 3 rings (SSSR count). The molecule has 0 spiro atoms. The Morgan fingerprint density at radius 1 is 1.03 bits per heavy atom. The second-order valence-electron chi connectivity index (χ2n) is 7.91. The second-order valence-corrected chi connectivity index (χ2v) is 9.82. The first kappa shape index (κ1) is 24.9. The van der Waals surface area contributed by atoms with Gasteiger partial charge >= 0.3 is 6.18 Å². The predicted molar refractivity (Wildman–Crippen MR) is 108 cm³/mol. The quantitative estimate of drug-likeness (QED) is 0.421. The Kier molecular flexibility index (Phi) is 8.12. The number of halogens is 4. The lowest BCUT2D eigenvalue weighted by molar-refractivity contribution is -0.174. The lowest BCUT2D eigenvalue weighted by atomic mass is 10.1. The first-order chi connectivity index (χ1) is 15.1. The number of benzene rings is 1. The van der Waals surface area contributed by atoms with Gasteiger partial charge in [0.15, 0.2) is 0 Å². The Balaban J connectivity index is 1.53. The van der Waals surface area contributed by atoms with E-state index in [9.17, 15) is 30.8 Å². The highest BCUT2D eigenvalue weighted by molar-refractivity contribution is 7.89. The largest absolute Gasteiger partial charge is 0.411 e. The van der Waals surface area contributed by atoms with Crippen molar-refractivity contribution in [3.8, 4) is 0 Å². The lowest BCUT2D eigenvalue weighted by Gasteiger charge is -2.34. The summed E-state index contributed by atoms with van der Waals surface area (Å²) >= 11 is 0. The Morgan fingerprint density at radius 2 is 1.69 bits per heavy atom. The molecule has 0 atom stereocenters. The van der Waals surface area contributed by atoms with E-state index >= 15 is 0 Å². The van der Waals surface area contributed by atoms with E-state index in [4.69, 9.17) is 0 Å². The maximum absolute atomic E-state index is 14.3. The molecule has 0 radical (unpaired) electrons. The van der Waals surface area contributed by atoms with Gasteiger partial charge in [-0.3, -0.25) is 9.69 Å². The lowest BCUT2D eigenvalue weighted by Crippen LogP contribution is -2.49. The first-order valence-electron chi connectivity index (χ1n) is 10.5. The SMILES string of the molecule is O=C(c1ccc(F)c(S(=O)(=O)N2CCCC2)c1)N1CCN(CCCOCC(F)(F)F)CC1. The van der Waals surface area contributed by atoms with Crippen molar-refractivity contribution < 1.29 is 35.5 Å². The van der Waals surface area contributed by atoms with Gasteiger partial charge in [0.25, 0.3) is 5.91 Å². The number of sulfonamides is 1. The van der Waals surface area contributed by atoms with Crippen LogP contribution in [0, 0.1) is 5.82 Å². The van der Waals surface area contributed by atoms with Crippen LogP contribution in [0.25, 0.3) is 0 Å². The number of alkyl halides is 3. The van der Waals surface area contributed by atoms with Crippen LogP contribution in [0.2, 0.25) is 0 Å². The normalized spacial score (nSPS) is 18.9. The van der Waals surface area contributed by atoms with Gasteiger partial charge in [-0.1, -0.05) is 0 Å². The molecule has 7 nitrogen and oxygen atoms in total. The molecule has 2 heterocycles. The summed E-state index contributed by atoms with van der Waals surface area (Å²) in [6.07, 6.45) is -2.45. The highest BCUT2D eigenvalue weighted by atomic mass is 32.2. The summed E-state index contributed by atoms with van der Waals surface area (Å²) in [4.78, 5) is 16.0. The van der Waals surface area contributed by atoms with Crippen LogP contribution in [0.1, 0.15) is 29.6 Å². The summed E-state index contributed by atoms with van der Waals surface area (Å²) < 4.78 is 81.8. The molecular formula is C20H27F4N3O4S. The molecule has 0 aliphatic carbocycles. The van der Waals surface area contributed by atoms with Gasteiger partial charge in [0, 0.05) is 58.0 Å². The van der Waals surface area contributed by atoms with E-state index in [0.29, 0.717) is 52.2 Å². The van der Waals surface area contributed by atoms with Crippen LogP contribution in [0.5, 0.6) is 0 Å². The Morgan fingerprint density at radius 3 is 2.31 bits per heavy atom. The maximum atomic E-state index is 14.3. The number of carbonyl (C=O) groups is 1. The van der Waals surface area contributed by atoms with E-state index in [-0.39, 0.29) is 18.1 Å². The van der Waals surface area contributed by atoms with Gasteiger partial charge in [-0.15, -0.1) is 0 Å². The van der Waals surface area contributed by atoms with Crippen molar-refractivity contribution >= 4 is 15.9 Å². The van der Waals surface area contributed by atoms with Crippen molar-refractivity contribution in [2.75, 3.05) is 59.0 Å². The molecule has 0 saturated carbocycles. The summed E-state index contributed by atoms with van der Waals surface area (Å²) in [7, 11) is -3.99. The number of rotatable bonds is 8. The fraction of sp³-hybridized carbons (Fsp3) is 0.650. The predicted octanol–water partition coefficient (Wildman–Crippen LogP) is 2.34. The molecule has 2 aliphatic heterocycles. The van der Waals surface area contributed by atoms with E-state index in [1.165, 1.54) is 10.4 Å². The zero-order valence-electron chi connectivity index (χ0n) is 17.6. The van der Waals surface area contributed by atoms with Crippen LogP contribution in [-0.4, -0.2) is 93.6 Å². The van der Waals surface area contributed by atoms with Crippen LogP contribution in [-0.2, 0) is 14.8 Å². The van der Waals surface area contributed by atoms with Gasteiger partial charge in [0.2, 0.25) is 10.0 Å². The third-order valence-electron chi connectivity index (χ3n) is 5.55. The van der Waals surface area contributed by atoms with Gasteiger partial charge in [-0.25, -0.2) is 12.8 Å². The Labute approximate surface area is 185 Å². The second kappa shape index (κ2) is 10.4. The highest BCUT2D eigenvalue weighted by Gasteiger charge is 2.31. The molecular weight excluding hydrogens is 454 g/mol. The summed E-state index contributed by atoms with van der Waals surface area (Å²) in [5, 5.41) is 0. The number of amides is 1. The molecule has 2 aliphatic rings. The van der Waals surface area contributed by atoms with Gasteiger partial charge in [-0.05, 0) is 37.5 Å². The molecule has 32 heavy (non-hydrogen) atoms. The number of carbonyl (C=O) groups excluding carboxylic acids is 1. The van der Waals surface area contributed by atoms with Gasteiger partial charge in [0.05, 0.1) is 0 Å². The number of nitrogens with zero attached hydrogens (tertiary/aromatic N) is 3. The van der Waals surface area contributed by atoms with Crippen LogP contribution in [0.15, 0.2) is 23.1 Å². The van der Waals surface area contributed by atoms with Crippen LogP contribution in [0.4, 0.5) is 17.6 Å². The third-order valence-corrected chi connectivity index (χ3v) is 7.46. The van der Waals surface area contributed by atoms with Gasteiger partial charge in [0.1, 0.15) is 17.3 Å². The average Bonchev–Trinajstić information content (AvgIpc) is 3.29. The summed E-state index contributed by atoms with van der Waals surface area (Å²) in [5.41, 5.74) is 0.109. The minimum absolute atomic E-state index is 0.00248. The van der Waals surface area contributed by atoms with Crippen molar-refractivity contribution in [1.29, 1.82) is 0 Å². The van der Waals surface area contributed by atoms with Crippen molar-refractivity contribution in [3.63, 3.8) is 0 Å². The molecule has 0 bridgehead atoms. The van der Waals surface area contributed by atoms with Crippen molar-refractivity contribution in [2.24, 2.45) is 0 Å². The molecule has 0 unspecified atom stereocenters. The topological polar surface area (TPSA) is 70.2 Å². The number of ether oxygens (including phenoxy) is 1. The summed E-state index contributed by atoms with van der Waals surface area (Å²) in [6, 6.07) is 3.40. The van der Waals surface area contributed by atoms with Gasteiger partial charge in [-0.2, -0.15) is 17.5 Å². The minimum Gasteiger partial charge on any atom is -0.372 e. The van der Waals surface area contributed by atoms with Crippen LogP contribution in [0.3, 0.4) is 0 Å². The molecule has 0 aromatic heterocycles. The van der Waals surface area contributed by atoms with Gasteiger partial charge < -0.3 is 9.64 Å². The molecule has 1 aromatic carbocycles. The number of hydrogen-bond acceptors (Lipinski definition) is 5. The standard InChI is InChI=1S/C20H27F4N3O4S/c21-17-5-4-16(14-18(17)32(29,30)27-7-1-2-8-27)19(28)26-11-9-25(10-12-26)6-3-13-31-15-20(22,23)24/h4-5,14H,1-3,6-13,15H2. The van der Waals surface area contributed by atoms with Crippen LogP contribution >= 0.6 is 0 Å². The van der Waals surface area contributed by atoms with Crippen molar-refractivity contribution in [1.82, 2.24) is 14.1 Å². The maximum Gasteiger partial charge on any atom is 0.411 e. The smallest absolute Gasteiger partial charge is 0.372 e. The molecule has 180 valence electrons. The Bertz CT molecular complexity index is 897. The van der Waals surface area contributed by atoms with E-state index in [1.54, 1.807) is 4.90 Å². The first-order valence-corrected chi connectivity index (χ1v) is 12.0. The monoisotopic (exact) mass is 481 g/mol. The van der Waals surface area contributed by atoms with E-state index < -0.39 is 33.5 Å². The molecule has 1 aromatic rings. The summed E-state index contributed by atoms with van der Waals surface area (Å²) in [6.45, 7) is 1.80. The average molecular weight is 482 g/mol. The van der Waals surface area contributed by atoms with E-state index in [0.717, 1.165) is 25.0 Å². The zero-order chi connectivity index (χ0) is 23.4. The minimum atomic E-state index is -4.33. The fourth-order valence-corrected chi connectivity index (χ4v) is 5.44.